The number of hydrogen-bond donors (Lipinski definition) is 3. The Labute approximate surface area is 160 Å². The largest absolute Gasteiger partial charge is 0.391 e. The van der Waals surface area contributed by atoms with E-state index in [1.807, 2.05) is 12.1 Å². The Kier molecular flexibility index (Phi) is 8.74. The molecule has 2 unspecified atom stereocenters. The predicted molar refractivity (Wildman–Crippen MR) is 105 cm³/mol. The zero-order valence-electron chi connectivity index (χ0n) is 14.5. The van der Waals surface area contributed by atoms with Gasteiger partial charge in [0.1, 0.15) is 0 Å². The minimum absolute atomic E-state index is 0.0245. The molecule has 2 atom stereocenters. The van der Waals surface area contributed by atoms with Crippen LogP contribution in [0.5, 0.6) is 0 Å². The number of rotatable bonds is 9. The summed E-state index contributed by atoms with van der Waals surface area (Å²) in [5.41, 5.74) is 1.06. The molecule has 0 radical (unpaired) electrons. The van der Waals surface area contributed by atoms with Gasteiger partial charge in [-0.1, -0.05) is 48.5 Å². The Morgan fingerprint density at radius 3 is 2.60 bits per heavy atom. The molecule has 1 aromatic carbocycles. The molecule has 1 aliphatic rings. The highest BCUT2D eigenvalue weighted by Crippen LogP contribution is 2.45. The molecule has 0 heterocycles. The number of halogens is 2. The smallest absolute Gasteiger partial charge is 0.203 e. The standard InChI is InChI=1S/C18H28Cl2NO3P/c19-17-7-6-14(10-18(17)20)8-9-21-11-16(22)13-25(23,24)12-15-4-2-1-3-5-15/h6-7,10,15-16,21-22H,1-5,8-9,11-13H2,(H,23,24). The summed E-state index contributed by atoms with van der Waals surface area (Å²) < 4.78 is 12.4. The minimum Gasteiger partial charge on any atom is -0.391 e. The van der Waals surface area contributed by atoms with E-state index in [1.54, 1.807) is 6.07 Å². The van der Waals surface area contributed by atoms with Crippen LogP contribution in [-0.4, -0.2) is 41.5 Å². The maximum absolute atomic E-state index is 12.4. The molecule has 0 aromatic heterocycles. The van der Waals surface area contributed by atoms with Crippen LogP contribution in [-0.2, 0) is 11.0 Å². The molecule has 0 amide bonds. The molecular formula is C18H28Cl2NO3P. The van der Waals surface area contributed by atoms with Crippen molar-refractivity contribution in [3.05, 3.63) is 33.8 Å². The van der Waals surface area contributed by atoms with E-state index in [2.05, 4.69) is 5.32 Å². The van der Waals surface area contributed by atoms with Crippen LogP contribution in [0.15, 0.2) is 18.2 Å². The van der Waals surface area contributed by atoms with Crippen LogP contribution >= 0.6 is 30.6 Å². The van der Waals surface area contributed by atoms with Crippen molar-refractivity contribution in [1.82, 2.24) is 5.32 Å². The Hall–Kier alpha value is -0.0900. The quantitative estimate of drug-likeness (QED) is 0.420. The van der Waals surface area contributed by atoms with Gasteiger partial charge in [0.2, 0.25) is 7.37 Å². The van der Waals surface area contributed by atoms with Gasteiger partial charge >= 0.3 is 0 Å². The summed E-state index contributed by atoms with van der Waals surface area (Å²) in [5.74, 6) is 0.347. The maximum atomic E-state index is 12.4. The molecule has 0 aliphatic heterocycles. The van der Waals surface area contributed by atoms with Gasteiger partial charge in [-0.15, -0.1) is 0 Å². The number of aliphatic hydroxyl groups excluding tert-OH is 1. The van der Waals surface area contributed by atoms with Gasteiger partial charge in [0.05, 0.1) is 22.3 Å². The molecule has 0 spiro atoms. The highest BCUT2D eigenvalue weighted by Gasteiger charge is 2.27. The van der Waals surface area contributed by atoms with E-state index in [-0.39, 0.29) is 6.16 Å². The Balaban J connectivity index is 1.66. The van der Waals surface area contributed by atoms with Crippen molar-refractivity contribution in [3.8, 4) is 0 Å². The highest BCUT2D eigenvalue weighted by molar-refractivity contribution is 7.58. The van der Waals surface area contributed by atoms with Crippen LogP contribution in [0.2, 0.25) is 10.0 Å². The van der Waals surface area contributed by atoms with Gasteiger partial charge in [-0.2, -0.15) is 0 Å². The molecule has 1 aliphatic carbocycles. The van der Waals surface area contributed by atoms with Crippen molar-refractivity contribution in [2.45, 2.75) is 44.6 Å². The molecule has 7 heteroatoms. The van der Waals surface area contributed by atoms with E-state index in [1.165, 1.54) is 6.42 Å². The van der Waals surface area contributed by atoms with Crippen LogP contribution in [0.3, 0.4) is 0 Å². The molecule has 1 aromatic rings. The van der Waals surface area contributed by atoms with Crippen LogP contribution < -0.4 is 5.32 Å². The predicted octanol–water partition coefficient (Wildman–Crippen LogP) is 4.34. The van der Waals surface area contributed by atoms with E-state index in [0.717, 1.165) is 37.7 Å². The second kappa shape index (κ2) is 10.3. The van der Waals surface area contributed by atoms with Gasteiger partial charge in [0, 0.05) is 12.7 Å². The number of benzene rings is 1. The minimum atomic E-state index is -3.26. The van der Waals surface area contributed by atoms with Crippen molar-refractivity contribution < 1.29 is 14.6 Å². The molecule has 0 bridgehead atoms. The summed E-state index contributed by atoms with van der Waals surface area (Å²) in [6.07, 6.45) is 5.92. The SMILES string of the molecule is O=P(O)(CC(O)CNCCc1ccc(Cl)c(Cl)c1)CC1CCCCC1. The fourth-order valence-electron chi connectivity index (χ4n) is 3.44. The maximum Gasteiger partial charge on any atom is 0.203 e. The monoisotopic (exact) mass is 407 g/mol. The molecule has 1 fully saturated rings. The number of nitrogens with one attached hydrogen (secondary N) is 1. The first-order valence-corrected chi connectivity index (χ1v) is 11.8. The second-order valence-corrected chi connectivity index (χ2v) is 10.3. The lowest BCUT2D eigenvalue weighted by Crippen LogP contribution is -2.31. The van der Waals surface area contributed by atoms with E-state index >= 15 is 0 Å². The van der Waals surface area contributed by atoms with Gasteiger partial charge in [-0.05, 0) is 49.4 Å². The lowest BCUT2D eigenvalue weighted by atomic mass is 9.91. The molecule has 1 saturated carbocycles. The summed E-state index contributed by atoms with van der Waals surface area (Å²) in [6, 6.07) is 5.51. The van der Waals surface area contributed by atoms with Crippen molar-refractivity contribution in [2.75, 3.05) is 25.4 Å². The summed E-state index contributed by atoms with van der Waals surface area (Å²) >= 11 is 11.9. The second-order valence-electron chi connectivity index (χ2n) is 7.07. The van der Waals surface area contributed by atoms with E-state index < -0.39 is 13.5 Å². The van der Waals surface area contributed by atoms with Crippen molar-refractivity contribution >= 4 is 30.6 Å². The van der Waals surface area contributed by atoms with Gasteiger partial charge in [0.15, 0.2) is 0 Å². The first kappa shape index (κ1) is 21.2. The first-order chi connectivity index (χ1) is 11.9. The zero-order valence-corrected chi connectivity index (χ0v) is 16.9. The van der Waals surface area contributed by atoms with Crippen molar-refractivity contribution in [1.29, 1.82) is 0 Å². The Morgan fingerprint density at radius 2 is 1.92 bits per heavy atom. The number of hydrogen-bond acceptors (Lipinski definition) is 3. The Bertz CT molecular complexity index is 594. The van der Waals surface area contributed by atoms with E-state index in [9.17, 15) is 14.6 Å². The first-order valence-electron chi connectivity index (χ1n) is 8.99. The third-order valence-electron chi connectivity index (χ3n) is 4.72. The fourth-order valence-corrected chi connectivity index (χ4v) is 5.87. The highest BCUT2D eigenvalue weighted by atomic mass is 35.5. The topological polar surface area (TPSA) is 69.6 Å². The van der Waals surface area contributed by atoms with Gasteiger partial charge in [-0.25, -0.2) is 0 Å². The third kappa shape index (κ3) is 7.99. The molecule has 2 rings (SSSR count). The number of aliphatic hydroxyl groups is 1. The molecular weight excluding hydrogens is 380 g/mol. The van der Waals surface area contributed by atoms with E-state index in [0.29, 0.717) is 35.2 Å². The average molecular weight is 408 g/mol. The Morgan fingerprint density at radius 1 is 1.20 bits per heavy atom. The lowest BCUT2D eigenvalue weighted by Gasteiger charge is -2.25. The summed E-state index contributed by atoms with van der Waals surface area (Å²) in [7, 11) is -3.26. The van der Waals surface area contributed by atoms with Crippen LogP contribution in [0, 0.1) is 5.92 Å². The van der Waals surface area contributed by atoms with Crippen molar-refractivity contribution in [2.24, 2.45) is 5.92 Å². The van der Waals surface area contributed by atoms with Gasteiger partial charge in [0.25, 0.3) is 0 Å². The fraction of sp³-hybridized carbons (Fsp3) is 0.667. The normalized spacial score (nSPS) is 19.5. The summed E-state index contributed by atoms with van der Waals surface area (Å²) in [6.45, 7) is 0.976. The van der Waals surface area contributed by atoms with E-state index in [4.69, 9.17) is 23.2 Å². The summed E-state index contributed by atoms with van der Waals surface area (Å²) in [5, 5.41) is 14.3. The van der Waals surface area contributed by atoms with Gasteiger partial charge in [-0.3, -0.25) is 4.57 Å². The summed E-state index contributed by atoms with van der Waals surface area (Å²) in [4.78, 5) is 10.2. The molecule has 0 saturated heterocycles. The zero-order chi connectivity index (χ0) is 18.3. The van der Waals surface area contributed by atoms with Crippen LogP contribution in [0.1, 0.15) is 37.7 Å². The molecule has 4 nitrogen and oxygen atoms in total. The van der Waals surface area contributed by atoms with Gasteiger partial charge < -0.3 is 15.3 Å². The van der Waals surface area contributed by atoms with Crippen molar-refractivity contribution in [3.63, 3.8) is 0 Å². The molecule has 3 N–H and O–H groups in total. The lowest BCUT2D eigenvalue weighted by molar-refractivity contribution is 0.190. The average Bonchev–Trinajstić information content (AvgIpc) is 2.55. The third-order valence-corrected chi connectivity index (χ3v) is 7.54. The van der Waals surface area contributed by atoms with Crippen LogP contribution in [0.4, 0.5) is 0 Å². The molecule has 25 heavy (non-hydrogen) atoms. The molecule has 142 valence electrons. The van der Waals surface area contributed by atoms with Crippen LogP contribution in [0.25, 0.3) is 0 Å².